The number of hydrogen-bond acceptors (Lipinski definition) is 1. The largest absolute Gasteiger partial charge is 0.371 e. The van der Waals surface area contributed by atoms with E-state index in [-0.39, 0.29) is 0 Å². The fourth-order valence-electron chi connectivity index (χ4n) is 8.61. The van der Waals surface area contributed by atoms with Crippen molar-refractivity contribution in [2.24, 2.45) is 0 Å². The summed E-state index contributed by atoms with van der Waals surface area (Å²) in [7, 11) is 2.24. The highest BCUT2D eigenvalue weighted by atomic mass is 28.3. The van der Waals surface area contributed by atoms with E-state index in [2.05, 4.69) is 168 Å². The Labute approximate surface area is 306 Å². The number of benzene rings is 5. The number of likely N-dealkylation sites (N-methyl/N-ethyl adjacent to an activating group) is 2. The molecule has 0 aromatic heterocycles. The van der Waals surface area contributed by atoms with Crippen molar-refractivity contribution < 1.29 is 4.58 Å². The number of nitrogens with zero attached hydrogens (tertiary/aromatic N) is 2. The Morgan fingerprint density at radius 2 is 1.39 bits per heavy atom. The van der Waals surface area contributed by atoms with Crippen LogP contribution in [0.1, 0.15) is 41.7 Å². The van der Waals surface area contributed by atoms with Gasteiger partial charge in [-0.25, -0.2) is 4.58 Å². The van der Waals surface area contributed by atoms with Crippen LogP contribution in [0.2, 0.25) is 13.1 Å². The predicted molar refractivity (Wildman–Crippen MR) is 227 cm³/mol. The predicted octanol–water partition coefficient (Wildman–Crippen LogP) is 10.8. The van der Waals surface area contributed by atoms with Crippen LogP contribution in [0.5, 0.6) is 0 Å². The van der Waals surface area contributed by atoms with E-state index < -0.39 is 8.07 Å². The number of allylic oxidation sites excluding steroid dienone is 5. The van der Waals surface area contributed by atoms with Crippen molar-refractivity contribution in [2.45, 2.75) is 46.7 Å². The zero-order valence-electron chi connectivity index (χ0n) is 31.5. The van der Waals surface area contributed by atoms with Crippen LogP contribution in [0, 0.1) is 6.92 Å². The molecule has 51 heavy (non-hydrogen) atoms. The molecular weight excluding hydrogens is 633 g/mol. The molecule has 2 aliphatic rings. The molecule has 1 heterocycles. The monoisotopic (exact) mass is 683 g/mol. The lowest BCUT2D eigenvalue weighted by Gasteiger charge is -2.38. The summed E-state index contributed by atoms with van der Waals surface area (Å²) >= 11 is 0. The fraction of sp³-hybridized carbons (Fsp3) is 0.229. The van der Waals surface area contributed by atoms with Crippen LogP contribution in [0.3, 0.4) is 0 Å². The van der Waals surface area contributed by atoms with Gasteiger partial charge in [0.1, 0.15) is 15.1 Å². The van der Waals surface area contributed by atoms with Crippen molar-refractivity contribution in [3.05, 3.63) is 161 Å². The first kappa shape index (κ1) is 34.5. The number of anilines is 1. The second-order valence-corrected chi connectivity index (χ2v) is 19.1. The third kappa shape index (κ3) is 5.78. The van der Waals surface area contributed by atoms with E-state index in [0.29, 0.717) is 0 Å². The topological polar surface area (TPSA) is 6.25 Å². The Morgan fingerprint density at radius 1 is 0.745 bits per heavy atom. The molecule has 0 bridgehead atoms. The van der Waals surface area contributed by atoms with E-state index in [0.717, 1.165) is 25.9 Å². The molecule has 0 saturated heterocycles. The Balaban J connectivity index is 1.41. The molecule has 1 aliphatic heterocycles. The van der Waals surface area contributed by atoms with Crippen LogP contribution >= 0.6 is 0 Å². The van der Waals surface area contributed by atoms with Gasteiger partial charge in [0.15, 0.2) is 12.3 Å². The molecule has 3 heteroatoms. The minimum Gasteiger partial charge on any atom is -0.371 e. The summed E-state index contributed by atoms with van der Waals surface area (Å²) in [6.45, 7) is 21.5. The van der Waals surface area contributed by atoms with Gasteiger partial charge in [-0.15, -0.1) is 6.58 Å². The standard InChI is InChI=1S/C48H51N2Si/c1-10-26-49(6)35-20-24-43-46(30-35)51(8,9)47-31-36(50(7)27-11-2)21-25-44(47)48(43)39-22-18-33(28-32(39)5)34-19-23-42-37(12-3)40-16-14-15-17-41(40)38(13-4)45(42)29-34/h10-11,14-25,28-31H,1-2,12-13,26-27H2,3-9H3/q+1. The van der Waals surface area contributed by atoms with Crippen molar-refractivity contribution in [1.29, 1.82) is 0 Å². The first-order valence-electron chi connectivity index (χ1n) is 18.5. The quantitative estimate of drug-likeness (QED) is 0.0649. The van der Waals surface area contributed by atoms with Crippen LogP contribution in [0.25, 0.3) is 38.2 Å². The molecule has 0 amide bonds. The Kier molecular flexibility index (Phi) is 9.20. The zero-order chi connectivity index (χ0) is 36.0. The molecular formula is C48H51N2Si+. The minimum atomic E-state index is -2.08. The van der Waals surface area contributed by atoms with Crippen LogP contribution in [0.15, 0.2) is 133 Å². The second kappa shape index (κ2) is 13.6. The zero-order valence-corrected chi connectivity index (χ0v) is 32.5. The maximum absolute atomic E-state index is 4.00. The fourth-order valence-corrected chi connectivity index (χ4v) is 11.7. The molecule has 5 aromatic rings. The molecule has 0 fully saturated rings. The molecule has 256 valence electrons. The van der Waals surface area contributed by atoms with E-state index >= 15 is 0 Å². The third-order valence-corrected chi connectivity index (χ3v) is 14.9. The lowest BCUT2D eigenvalue weighted by Crippen LogP contribution is -2.50. The number of hydrogen-bond donors (Lipinski definition) is 0. The lowest BCUT2D eigenvalue weighted by atomic mass is 9.85. The second-order valence-electron chi connectivity index (χ2n) is 14.8. The molecule has 5 aromatic carbocycles. The van der Waals surface area contributed by atoms with Crippen LogP contribution in [-0.4, -0.2) is 45.5 Å². The molecule has 2 nitrogen and oxygen atoms in total. The molecule has 0 radical (unpaired) electrons. The summed E-state index contributed by atoms with van der Waals surface area (Å²) in [5.41, 5.74) is 14.6. The van der Waals surface area contributed by atoms with Gasteiger partial charge in [0, 0.05) is 31.4 Å². The van der Waals surface area contributed by atoms with Gasteiger partial charge in [-0.2, -0.15) is 0 Å². The van der Waals surface area contributed by atoms with E-state index in [1.807, 2.05) is 12.2 Å². The highest BCUT2D eigenvalue weighted by molar-refractivity contribution is 6.98. The highest BCUT2D eigenvalue weighted by Crippen LogP contribution is 2.44. The lowest BCUT2D eigenvalue weighted by molar-refractivity contribution is -0.484. The average Bonchev–Trinajstić information content (AvgIpc) is 3.14. The summed E-state index contributed by atoms with van der Waals surface area (Å²) in [4.78, 5) is 2.29. The first-order chi connectivity index (χ1) is 24.6. The smallest absolute Gasteiger partial charge is 0.199 e. The van der Waals surface area contributed by atoms with Crippen LogP contribution < -0.4 is 10.1 Å². The molecule has 0 spiro atoms. The summed E-state index contributed by atoms with van der Waals surface area (Å²) in [6.07, 6.45) is 13.1. The molecule has 0 unspecified atom stereocenters. The highest BCUT2D eigenvalue weighted by Gasteiger charge is 2.40. The van der Waals surface area contributed by atoms with Gasteiger partial charge in [0.25, 0.3) is 0 Å². The van der Waals surface area contributed by atoms with Crippen molar-refractivity contribution in [3.63, 3.8) is 0 Å². The van der Waals surface area contributed by atoms with Crippen molar-refractivity contribution >= 4 is 51.8 Å². The normalized spacial score (nSPS) is 15.8. The van der Waals surface area contributed by atoms with Crippen LogP contribution in [-0.2, 0) is 12.8 Å². The van der Waals surface area contributed by atoms with Crippen molar-refractivity contribution in [3.8, 4) is 11.1 Å². The Bertz CT molecular complexity index is 2380. The van der Waals surface area contributed by atoms with Crippen LogP contribution in [0.4, 0.5) is 5.69 Å². The van der Waals surface area contributed by atoms with Gasteiger partial charge in [0.05, 0.1) is 0 Å². The number of aryl methyl sites for hydroxylation is 3. The summed E-state index contributed by atoms with van der Waals surface area (Å²) in [6, 6.07) is 30.4. The van der Waals surface area contributed by atoms with Crippen molar-refractivity contribution in [2.75, 3.05) is 32.1 Å². The number of rotatable bonds is 9. The molecule has 1 aliphatic carbocycles. The summed E-state index contributed by atoms with van der Waals surface area (Å²) < 4.78 is 2.29. The Hall–Kier alpha value is -4.99. The molecule has 0 atom stereocenters. The van der Waals surface area contributed by atoms with Gasteiger partial charge < -0.3 is 4.90 Å². The van der Waals surface area contributed by atoms with E-state index in [4.69, 9.17) is 0 Å². The SMILES string of the molecule is C=CCN(C)c1ccc2c(c1)[Si](C)(C)C1=CC(=[N+](C)CC=C)C=CC1=C2c1ccc(-c2ccc3c(CC)c4ccccc4c(CC)c3c2)cc1C. The van der Waals surface area contributed by atoms with Gasteiger partial charge in [-0.1, -0.05) is 100 Å². The first-order valence-corrected chi connectivity index (χ1v) is 21.5. The average molecular weight is 684 g/mol. The molecule has 0 N–H and O–H groups in total. The maximum atomic E-state index is 4.00. The third-order valence-electron chi connectivity index (χ3n) is 11.4. The van der Waals surface area contributed by atoms with E-state index in [1.54, 1.807) is 0 Å². The summed E-state index contributed by atoms with van der Waals surface area (Å²) in [5, 5.41) is 8.55. The molecule has 7 rings (SSSR count). The minimum absolute atomic E-state index is 0.815. The van der Waals surface area contributed by atoms with Gasteiger partial charge in [-0.3, -0.25) is 0 Å². The molecule has 0 saturated carbocycles. The Morgan fingerprint density at radius 3 is 2.06 bits per heavy atom. The maximum Gasteiger partial charge on any atom is 0.199 e. The van der Waals surface area contributed by atoms with Gasteiger partial charge >= 0.3 is 0 Å². The van der Waals surface area contributed by atoms with Gasteiger partial charge in [-0.05, 0) is 132 Å². The van der Waals surface area contributed by atoms with E-state index in [9.17, 15) is 0 Å². The van der Waals surface area contributed by atoms with E-state index in [1.165, 1.54) is 93.4 Å². The summed E-state index contributed by atoms with van der Waals surface area (Å²) in [5.74, 6) is 0. The number of fused-ring (bicyclic) bond motifs is 4. The van der Waals surface area contributed by atoms with Gasteiger partial charge in [0.2, 0.25) is 0 Å². The van der Waals surface area contributed by atoms with Crippen molar-refractivity contribution in [1.82, 2.24) is 0 Å².